The molecule has 0 aromatic carbocycles. The van der Waals surface area contributed by atoms with Gasteiger partial charge < -0.3 is 9.52 Å². The van der Waals surface area contributed by atoms with E-state index in [0.29, 0.717) is 5.89 Å². The van der Waals surface area contributed by atoms with Crippen molar-refractivity contribution in [3.05, 3.63) is 11.8 Å². The second-order valence-electron chi connectivity index (χ2n) is 5.04. The molecule has 0 spiro atoms. The Labute approximate surface area is 93.9 Å². The first kappa shape index (κ1) is 11.1. The van der Waals surface area contributed by atoms with Crippen LogP contribution < -0.4 is 0 Å². The van der Waals surface area contributed by atoms with Crippen molar-refractivity contribution in [2.24, 2.45) is 5.41 Å². The van der Waals surface area contributed by atoms with Crippen molar-refractivity contribution < 1.29 is 14.3 Å². The van der Waals surface area contributed by atoms with Gasteiger partial charge in [0.25, 0.3) is 0 Å². The van der Waals surface area contributed by atoms with E-state index in [2.05, 4.69) is 24.0 Å². The Balaban J connectivity index is 2.25. The molecule has 5 nitrogen and oxygen atoms in total. The Morgan fingerprint density at radius 1 is 1.44 bits per heavy atom. The van der Waals surface area contributed by atoms with E-state index in [1.54, 1.807) is 0 Å². The summed E-state index contributed by atoms with van der Waals surface area (Å²) in [5, 5.41) is 16.1. The number of carboxylic acids is 1. The quantitative estimate of drug-likeness (QED) is 0.834. The third-order valence-corrected chi connectivity index (χ3v) is 3.43. The second kappa shape index (κ2) is 3.88. The van der Waals surface area contributed by atoms with E-state index in [-0.39, 0.29) is 17.2 Å². The van der Waals surface area contributed by atoms with Crippen LogP contribution in [0.2, 0.25) is 0 Å². The lowest BCUT2D eigenvalue weighted by atomic mass is 9.69. The number of hydrogen-bond donors (Lipinski definition) is 1. The zero-order valence-electron chi connectivity index (χ0n) is 9.56. The molecular formula is C11H16N2O3. The summed E-state index contributed by atoms with van der Waals surface area (Å²) in [6.07, 6.45) is 4.46. The SMILES string of the molecule is CC1(C)CCCCC1c1nnc(C(=O)O)o1. The molecule has 1 N–H and O–H groups in total. The van der Waals surface area contributed by atoms with Gasteiger partial charge in [-0.25, -0.2) is 4.79 Å². The van der Waals surface area contributed by atoms with Crippen LogP contribution in [0.25, 0.3) is 0 Å². The first-order valence-corrected chi connectivity index (χ1v) is 5.57. The minimum Gasteiger partial charge on any atom is -0.474 e. The summed E-state index contributed by atoms with van der Waals surface area (Å²) in [4.78, 5) is 10.7. The van der Waals surface area contributed by atoms with E-state index in [4.69, 9.17) is 9.52 Å². The Morgan fingerprint density at radius 3 is 2.75 bits per heavy atom. The minimum absolute atomic E-state index is 0.112. The lowest BCUT2D eigenvalue weighted by Gasteiger charge is -2.36. The van der Waals surface area contributed by atoms with Gasteiger partial charge >= 0.3 is 11.9 Å². The summed E-state index contributed by atoms with van der Waals surface area (Å²) >= 11 is 0. The normalized spacial score (nSPS) is 24.2. The first-order valence-electron chi connectivity index (χ1n) is 5.57. The number of carbonyl (C=O) groups is 1. The maximum Gasteiger partial charge on any atom is 0.393 e. The van der Waals surface area contributed by atoms with E-state index in [1.165, 1.54) is 6.42 Å². The molecular weight excluding hydrogens is 208 g/mol. The molecule has 0 amide bonds. The highest BCUT2D eigenvalue weighted by Crippen LogP contribution is 2.46. The van der Waals surface area contributed by atoms with Crippen LogP contribution in [0.1, 0.15) is 62.0 Å². The molecule has 5 heteroatoms. The third kappa shape index (κ3) is 1.94. The van der Waals surface area contributed by atoms with Crippen molar-refractivity contribution in [2.75, 3.05) is 0 Å². The van der Waals surface area contributed by atoms with E-state index in [1.807, 2.05) is 0 Å². The van der Waals surface area contributed by atoms with Crippen LogP contribution in [0, 0.1) is 5.41 Å². The Bertz CT molecular complexity index is 398. The Hall–Kier alpha value is -1.39. The van der Waals surface area contributed by atoms with Crippen LogP contribution in [0.4, 0.5) is 0 Å². The average Bonchev–Trinajstić information content (AvgIpc) is 2.65. The first-order chi connectivity index (χ1) is 7.50. The van der Waals surface area contributed by atoms with Crippen LogP contribution in [0.5, 0.6) is 0 Å². The topological polar surface area (TPSA) is 76.2 Å². The summed E-state index contributed by atoms with van der Waals surface area (Å²) in [6, 6.07) is 0. The highest BCUT2D eigenvalue weighted by molar-refractivity contribution is 5.81. The third-order valence-electron chi connectivity index (χ3n) is 3.43. The molecule has 1 aromatic heterocycles. The lowest BCUT2D eigenvalue weighted by molar-refractivity contribution is 0.0646. The fourth-order valence-electron chi connectivity index (χ4n) is 2.41. The minimum atomic E-state index is -1.16. The second-order valence-corrected chi connectivity index (χ2v) is 5.04. The molecule has 0 radical (unpaired) electrons. The number of aromatic nitrogens is 2. The molecule has 0 saturated heterocycles. The number of nitrogens with zero attached hydrogens (tertiary/aromatic N) is 2. The standard InChI is InChI=1S/C11H16N2O3/c1-11(2)6-4-3-5-7(11)8-12-13-9(16-8)10(14)15/h7H,3-6H2,1-2H3,(H,14,15). The Kier molecular flexibility index (Phi) is 2.69. The molecule has 0 aliphatic heterocycles. The highest BCUT2D eigenvalue weighted by atomic mass is 16.4. The van der Waals surface area contributed by atoms with Crippen molar-refractivity contribution in [2.45, 2.75) is 45.4 Å². The van der Waals surface area contributed by atoms with Gasteiger partial charge in [0, 0.05) is 5.92 Å². The van der Waals surface area contributed by atoms with Crippen molar-refractivity contribution in [3.8, 4) is 0 Å². The van der Waals surface area contributed by atoms with Crippen molar-refractivity contribution in [3.63, 3.8) is 0 Å². The lowest BCUT2D eigenvalue weighted by Crippen LogP contribution is -2.26. The van der Waals surface area contributed by atoms with Crippen LogP contribution in [-0.4, -0.2) is 21.3 Å². The molecule has 1 aliphatic carbocycles. The van der Waals surface area contributed by atoms with Gasteiger partial charge in [-0.15, -0.1) is 10.2 Å². The number of carboxylic acid groups (broad SMARTS) is 1. The highest BCUT2D eigenvalue weighted by Gasteiger charge is 2.37. The van der Waals surface area contributed by atoms with Crippen molar-refractivity contribution >= 4 is 5.97 Å². The van der Waals surface area contributed by atoms with E-state index in [0.717, 1.165) is 19.3 Å². The van der Waals surface area contributed by atoms with Crippen molar-refractivity contribution in [1.29, 1.82) is 0 Å². The van der Waals surface area contributed by atoms with Gasteiger partial charge in [0.05, 0.1) is 0 Å². The van der Waals surface area contributed by atoms with E-state index >= 15 is 0 Å². The Morgan fingerprint density at radius 2 is 2.19 bits per heavy atom. The summed E-state index contributed by atoms with van der Waals surface area (Å²) in [5.41, 5.74) is 0.112. The summed E-state index contributed by atoms with van der Waals surface area (Å²) in [7, 11) is 0. The van der Waals surface area contributed by atoms with E-state index in [9.17, 15) is 4.79 Å². The largest absolute Gasteiger partial charge is 0.474 e. The maximum absolute atomic E-state index is 10.7. The zero-order chi connectivity index (χ0) is 11.8. The smallest absolute Gasteiger partial charge is 0.393 e. The predicted octanol–water partition coefficient (Wildman–Crippen LogP) is 2.45. The monoisotopic (exact) mass is 224 g/mol. The number of hydrogen-bond acceptors (Lipinski definition) is 4. The van der Waals surface area contributed by atoms with Gasteiger partial charge in [0.2, 0.25) is 5.89 Å². The van der Waals surface area contributed by atoms with E-state index < -0.39 is 5.97 Å². The predicted molar refractivity (Wildman–Crippen MR) is 56.2 cm³/mol. The van der Waals surface area contributed by atoms with Gasteiger partial charge in [-0.2, -0.15) is 0 Å². The van der Waals surface area contributed by atoms with Gasteiger partial charge in [0.1, 0.15) is 0 Å². The summed E-state index contributed by atoms with van der Waals surface area (Å²) in [5.74, 6) is -0.812. The molecule has 1 atom stereocenters. The molecule has 1 aromatic rings. The molecule has 0 bridgehead atoms. The zero-order valence-corrected chi connectivity index (χ0v) is 9.56. The molecule has 16 heavy (non-hydrogen) atoms. The number of rotatable bonds is 2. The fourth-order valence-corrected chi connectivity index (χ4v) is 2.41. The molecule has 1 heterocycles. The molecule has 1 unspecified atom stereocenters. The van der Waals surface area contributed by atoms with Gasteiger partial charge in [-0.1, -0.05) is 26.7 Å². The maximum atomic E-state index is 10.7. The van der Waals surface area contributed by atoms with Crippen molar-refractivity contribution in [1.82, 2.24) is 10.2 Å². The summed E-state index contributed by atoms with van der Waals surface area (Å²) in [6.45, 7) is 4.34. The molecule has 1 saturated carbocycles. The molecule has 1 fully saturated rings. The average molecular weight is 224 g/mol. The number of aromatic carboxylic acids is 1. The van der Waals surface area contributed by atoms with Gasteiger partial charge in [0.15, 0.2) is 0 Å². The molecule has 1 aliphatic rings. The van der Waals surface area contributed by atoms with Crippen LogP contribution in [0.15, 0.2) is 4.42 Å². The van der Waals surface area contributed by atoms with Crippen LogP contribution in [-0.2, 0) is 0 Å². The fraction of sp³-hybridized carbons (Fsp3) is 0.727. The van der Waals surface area contributed by atoms with Gasteiger partial charge in [-0.05, 0) is 18.3 Å². The molecule has 88 valence electrons. The van der Waals surface area contributed by atoms with Gasteiger partial charge in [-0.3, -0.25) is 0 Å². The van der Waals surface area contributed by atoms with Crippen LogP contribution in [0.3, 0.4) is 0 Å². The molecule has 2 rings (SSSR count). The van der Waals surface area contributed by atoms with Crippen LogP contribution >= 0.6 is 0 Å². The summed E-state index contributed by atoms with van der Waals surface area (Å²) < 4.78 is 5.20.